The van der Waals surface area contributed by atoms with E-state index in [-0.39, 0.29) is 29.6 Å². The van der Waals surface area contributed by atoms with E-state index in [2.05, 4.69) is 10.3 Å². The van der Waals surface area contributed by atoms with Gasteiger partial charge in [-0.15, -0.1) is 0 Å². The summed E-state index contributed by atoms with van der Waals surface area (Å²) in [6.07, 6.45) is 1.47. The lowest BCUT2D eigenvalue weighted by atomic mass is 10.0. The molecule has 5 nitrogen and oxygen atoms in total. The predicted octanol–water partition coefficient (Wildman–Crippen LogP) is 2.91. The number of rotatable bonds is 7. The lowest BCUT2D eigenvalue weighted by Gasteiger charge is -2.12. The van der Waals surface area contributed by atoms with Crippen LogP contribution in [0.2, 0.25) is 0 Å². The van der Waals surface area contributed by atoms with E-state index >= 15 is 0 Å². The van der Waals surface area contributed by atoms with Crippen molar-refractivity contribution in [3.8, 4) is 11.1 Å². The molecule has 2 aromatic carbocycles. The number of halogens is 2. The first-order chi connectivity index (χ1) is 13.0. The number of aromatic nitrogens is 1. The minimum absolute atomic E-state index is 0.215. The van der Waals surface area contributed by atoms with Gasteiger partial charge in [0.1, 0.15) is 17.3 Å². The third-order valence-electron chi connectivity index (χ3n) is 4.45. The van der Waals surface area contributed by atoms with Crippen LogP contribution in [-0.4, -0.2) is 30.0 Å². The van der Waals surface area contributed by atoms with Gasteiger partial charge in [0.25, 0.3) is 5.91 Å². The first kappa shape index (κ1) is 19.0. The lowest BCUT2D eigenvalue weighted by molar-refractivity contribution is 0.0947. The molecule has 3 rings (SSSR count). The maximum absolute atomic E-state index is 14.2. The van der Waals surface area contributed by atoms with E-state index in [1.807, 2.05) is 0 Å². The van der Waals surface area contributed by atoms with E-state index in [9.17, 15) is 13.6 Å². The second-order valence-electron chi connectivity index (χ2n) is 6.45. The predicted molar refractivity (Wildman–Crippen MR) is 102 cm³/mol. The highest BCUT2D eigenvalue weighted by atomic mass is 19.1. The van der Waals surface area contributed by atoms with Gasteiger partial charge in [-0.25, -0.2) is 8.78 Å². The van der Waals surface area contributed by atoms with Crippen molar-refractivity contribution in [1.82, 2.24) is 10.3 Å². The summed E-state index contributed by atoms with van der Waals surface area (Å²) in [7, 11) is 0. The van der Waals surface area contributed by atoms with Crippen LogP contribution in [0, 0.1) is 11.6 Å². The molecule has 0 saturated carbocycles. The summed E-state index contributed by atoms with van der Waals surface area (Å²) in [5.74, 6) is -1.25. The SMILES string of the molecule is NCCCC(N)CNC(=O)c1[nH]c2c(F)cccc2c1-c1ccc(F)cc1. The van der Waals surface area contributed by atoms with Crippen molar-refractivity contribution in [3.63, 3.8) is 0 Å². The quantitative estimate of drug-likeness (QED) is 0.513. The summed E-state index contributed by atoms with van der Waals surface area (Å²) >= 11 is 0. The molecule has 0 fully saturated rings. The maximum Gasteiger partial charge on any atom is 0.268 e. The molecule has 1 aromatic heterocycles. The van der Waals surface area contributed by atoms with Crippen molar-refractivity contribution >= 4 is 16.8 Å². The van der Waals surface area contributed by atoms with E-state index in [0.717, 1.165) is 6.42 Å². The van der Waals surface area contributed by atoms with E-state index in [4.69, 9.17) is 11.5 Å². The molecule has 6 N–H and O–H groups in total. The fourth-order valence-corrected chi connectivity index (χ4v) is 3.06. The Morgan fingerprint density at radius 3 is 2.59 bits per heavy atom. The monoisotopic (exact) mass is 372 g/mol. The Bertz CT molecular complexity index is 937. The summed E-state index contributed by atoms with van der Waals surface area (Å²) in [4.78, 5) is 15.6. The molecule has 0 saturated heterocycles. The molecule has 27 heavy (non-hydrogen) atoms. The molecule has 0 aliphatic rings. The van der Waals surface area contributed by atoms with Gasteiger partial charge in [0.2, 0.25) is 0 Å². The van der Waals surface area contributed by atoms with E-state index in [1.54, 1.807) is 24.3 Å². The van der Waals surface area contributed by atoms with Crippen LogP contribution in [0.15, 0.2) is 42.5 Å². The largest absolute Gasteiger partial charge is 0.349 e. The fraction of sp³-hybridized carbons (Fsp3) is 0.250. The van der Waals surface area contributed by atoms with Crippen molar-refractivity contribution in [1.29, 1.82) is 0 Å². The first-order valence-corrected chi connectivity index (χ1v) is 8.81. The zero-order chi connectivity index (χ0) is 19.4. The molecule has 7 heteroatoms. The summed E-state index contributed by atoms with van der Waals surface area (Å²) in [6, 6.07) is 10.1. The number of aromatic amines is 1. The summed E-state index contributed by atoms with van der Waals surface area (Å²) in [5.41, 5.74) is 13.0. The van der Waals surface area contributed by atoms with Gasteiger partial charge in [-0.3, -0.25) is 4.79 Å². The Morgan fingerprint density at radius 1 is 1.15 bits per heavy atom. The van der Waals surface area contributed by atoms with Gasteiger partial charge in [0.05, 0.1) is 5.52 Å². The number of para-hydroxylation sites is 1. The molecular weight excluding hydrogens is 350 g/mol. The van der Waals surface area contributed by atoms with Gasteiger partial charge < -0.3 is 21.8 Å². The summed E-state index contributed by atoms with van der Waals surface area (Å²) < 4.78 is 27.5. The zero-order valence-electron chi connectivity index (χ0n) is 14.8. The Kier molecular flexibility index (Phi) is 5.83. The van der Waals surface area contributed by atoms with Crippen LogP contribution < -0.4 is 16.8 Å². The smallest absolute Gasteiger partial charge is 0.268 e. The average molecular weight is 372 g/mol. The van der Waals surface area contributed by atoms with Crippen molar-refractivity contribution in [2.75, 3.05) is 13.1 Å². The molecular formula is C20H22F2N4O. The number of hydrogen-bond acceptors (Lipinski definition) is 3. The molecule has 0 bridgehead atoms. The van der Waals surface area contributed by atoms with Gasteiger partial charge in [-0.05, 0) is 43.1 Å². The minimum Gasteiger partial charge on any atom is -0.349 e. The van der Waals surface area contributed by atoms with E-state index < -0.39 is 11.7 Å². The van der Waals surface area contributed by atoms with Crippen molar-refractivity contribution in [2.45, 2.75) is 18.9 Å². The molecule has 1 amide bonds. The molecule has 0 spiro atoms. The van der Waals surface area contributed by atoms with E-state index in [0.29, 0.717) is 29.5 Å². The molecule has 1 unspecified atom stereocenters. The third-order valence-corrected chi connectivity index (χ3v) is 4.45. The number of carbonyl (C=O) groups excluding carboxylic acids is 1. The number of nitrogens with one attached hydrogen (secondary N) is 2. The second-order valence-corrected chi connectivity index (χ2v) is 6.45. The first-order valence-electron chi connectivity index (χ1n) is 8.81. The number of fused-ring (bicyclic) bond motifs is 1. The molecule has 0 radical (unpaired) electrons. The molecule has 0 aliphatic heterocycles. The molecule has 1 heterocycles. The standard InChI is InChI=1S/C20H22F2N4O/c21-13-8-6-12(7-9-13)17-15-4-1-5-16(22)18(15)26-19(17)20(27)25-11-14(24)3-2-10-23/h1,4-9,14,26H,2-3,10-11,23-24H2,(H,25,27). The Hall–Kier alpha value is -2.77. The van der Waals surface area contributed by atoms with Crippen LogP contribution in [0.4, 0.5) is 8.78 Å². The molecule has 3 aromatic rings. The number of nitrogens with two attached hydrogens (primary N) is 2. The normalized spacial score (nSPS) is 12.3. The van der Waals surface area contributed by atoms with Crippen LogP contribution in [0.3, 0.4) is 0 Å². The Balaban J connectivity index is 1.96. The van der Waals surface area contributed by atoms with Crippen molar-refractivity contribution < 1.29 is 13.6 Å². The minimum atomic E-state index is -0.463. The number of H-pyrrole nitrogens is 1. The second kappa shape index (κ2) is 8.28. The van der Waals surface area contributed by atoms with Crippen molar-refractivity contribution in [2.24, 2.45) is 11.5 Å². The Morgan fingerprint density at radius 2 is 1.89 bits per heavy atom. The van der Waals surface area contributed by atoms with Crippen LogP contribution in [0.5, 0.6) is 0 Å². The highest BCUT2D eigenvalue weighted by Crippen LogP contribution is 2.33. The number of carbonyl (C=O) groups is 1. The molecule has 1 atom stereocenters. The number of benzene rings is 2. The fourth-order valence-electron chi connectivity index (χ4n) is 3.06. The topological polar surface area (TPSA) is 96.9 Å². The number of hydrogen-bond donors (Lipinski definition) is 4. The van der Waals surface area contributed by atoms with Crippen LogP contribution in [-0.2, 0) is 0 Å². The highest BCUT2D eigenvalue weighted by molar-refractivity contribution is 6.09. The highest BCUT2D eigenvalue weighted by Gasteiger charge is 2.21. The third kappa shape index (κ3) is 4.15. The van der Waals surface area contributed by atoms with Crippen LogP contribution in [0.1, 0.15) is 23.3 Å². The van der Waals surface area contributed by atoms with Crippen molar-refractivity contribution in [3.05, 3.63) is 59.8 Å². The summed E-state index contributed by atoms with van der Waals surface area (Å²) in [5, 5.41) is 3.33. The molecule has 142 valence electrons. The van der Waals surface area contributed by atoms with E-state index in [1.165, 1.54) is 18.2 Å². The van der Waals surface area contributed by atoms with Crippen LogP contribution >= 0.6 is 0 Å². The van der Waals surface area contributed by atoms with Gasteiger partial charge >= 0.3 is 0 Å². The Labute approximate surface area is 155 Å². The van der Waals surface area contributed by atoms with Gasteiger partial charge in [0, 0.05) is 23.5 Å². The van der Waals surface area contributed by atoms with Gasteiger partial charge in [0.15, 0.2) is 0 Å². The molecule has 0 aliphatic carbocycles. The van der Waals surface area contributed by atoms with Crippen LogP contribution in [0.25, 0.3) is 22.0 Å². The average Bonchev–Trinajstić information content (AvgIpc) is 3.06. The van der Waals surface area contributed by atoms with Gasteiger partial charge in [-0.1, -0.05) is 24.3 Å². The van der Waals surface area contributed by atoms with Gasteiger partial charge in [-0.2, -0.15) is 0 Å². The number of amides is 1. The lowest BCUT2D eigenvalue weighted by Crippen LogP contribution is -2.37. The summed E-state index contributed by atoms with van der Waals surface area (Å²) in [6.45, 7) is 0.817. The zero-order valence-corrected chi connectivity index (χ0v) is 14.8. The maximum atomic E-state index is 14.2.